The maximum absolute atomic E-state index is 12.3. The fourth-order valence-corrected chi connectivity index (χ4v) is 2.56. The number of hydrogen-bond acceptors (Lipinski definition) is 2. The van der Waals surface area contributed by atoms with Gasteiger partial charge in [-0.25, -0.2) is 4.79 Å². The van der Waals surface area contributed by atoms with Crippen molar-refractivity contribution in [2.75, 3.05) is 0 Å². The van der Waals surface area contributed by atoms with Gasteiger partial charge < -0.3 is 10.0 Å². The summed E-state index contributed by atoms with van der Waals surface area (Å²) >= 11 is 0. The van der Waals surface area contributed by atoms with Gasteiger partial charge in [0.05, 0.1) is 0 Å². The smallest absolute Gasteiger partial charge is 0.326 e. The lowest BCUT2D eigenvalue weighted by Gasteiger charge is -2.34. The van der Waals surface area contributed by atoms with Gasteiger partial charge >= 0.3 is 5.97 Å². The van der Waals surface area contributed by atoms with E-state index in [1.54, 1.807) is 0 Å². The Labute approximate surface area is 119 Å². The van der Waals surface area contributed by atoms with Crippen LogP contribution in [0.5, 0.6) is 0 Å². The van der Waals surface area contributed by atoms with E-state index in [4.69, 9.17) is 0 Å². The summed E-state index contributed by atoms with van der Waals surface area (Å²) in [5, 5.41) is 9.37. The third-order valence-corrected chi connectivity index (χ3v) is 3.79. The lowest BCUT2D eigenvalue weighted by molar-refractivity contribution is -0.151. The second-order valence-corrected chi connectivity index (χ2v) is 5.78. The van der Waals surface area contributed by atoms with E-state index in [9.17, 15) is 14.7 Å². The Bertz CT molecular complexity index is 510. The summed E-state index contributed by atoms with van der Waals surface area (Å²) in [5.41, 5.74) is 2.09. The highest BCUT2D eigenvalue weighted by molar-refractivity contribution is 5.84. The van der Waals surface area contributed by atoms with Crippen molar-refractivity contribution < 1.29 is 14.7 Å². The van der Waals surface area contributed by atoms with Crippen molar-refractivity contribution in [3.63, 3.8) is 0 Å². The van der Waals surface area contributed by atoms with Crippen molar-refractivity contribution in [1.82, 2.24) is 4.90 Å². The molecule has 1 aromatic rings. The number of nitrogens with zero attached hydrogens (tertiary/aromatic N) is 1. The predicted molar refractivity (Wildman–Crippen MR) is 76.2 cm³/mol. The van der Waals surface area contributed by atoms with Crippen molar-refractivity contribution in [2.45, 2.75) is 45.7 Å². The van der Waals surface area contributed by atoms with Crippen molar-refractivity contribution in [3.8, 4) is 0 Å². The molecule has 1 heterocycles. The predicted octanol–water partition coefficient (Wildman–Crippen LogP) is 2.46. The zero-order valence-electron chi connectivity index (χ0n) is 12.0. The monoisotopic (exact) mass is 275 g/mol. The van der Waals surface area contributed by atoms with Crippen LogP contribution in [0.25, 0.3) is 0 Å². The molecule has 20 heavy (non-hydrogen) atoms. The van der Waals surface area contributed by atoms with Gasteiger partial charge in [0.1, 0.15) is 6.04 Å². The minimum atomic E-state index is -0.919. The number of carbonyl (C=O) groups excluding carboxylic acids is 1. The molecule has 0 bridgehead atoms. The lowest BCUT2D eigenvalue weighted by atomic mass is 9.93. The molecule has 1 amide bonds. The maximum Gasteiger partial charge on any atom is 0.326 e. The van der Waals surface area contributed by atoms with Crippen LogP contribution in [0.1, 0.15) is 37.8 Å². The molecule has 0 spiro atoms. The van der Waals surface area contributed by atoms with Gasteiger partial charge in [0.25, 0.3) is 0 Å². The van der Waals surface area contributed by atoms with E-state index in [1.807, 2.05) is 24.3 Å². The standard InChI is InChI=1S/C16H21NO3/c1-11(2)7-8-15(18)17-10-13-6-4-3-5-12(13)9-14(17)16(19)20/h3-6,11,14H,7-10H2,1-2H3,(H,19,20)/t14-/m0/s1. The molecule has 1 atom stereocenters. The van der Waals surface area contributed by atoms with Gasteiger partial charge in [0.15, 0.2) is 0 Å². The summed E-state index contributed by atoms with van der Waals surface area (Å²) in [6, 6.07) is 7.02. The van der Waals surface area contributed by atoms with Crippen LogP contribution in [0.15, 0.2) is 24.3 Å². The van der Waals surface area contributed by atoms with Crippen LogP contribution in [-0.4, -0.2) is 27.9 Å². The highest BCUT2D eigenvalue weighted by Crippen LogP contribution is 2.24. The zero-order chi connectivity index (χ0) is 14.7. The first-order valence-corrected chi connectivity index (χ1v) is 7.08. The number of rotatable bonds is 4. The normalized spacial score (nSPS) is 17.9. The summed E-state index contributed by atoms with van der Waals surface area (Å²) in [6.07, 6.45) is 1.62. The quantitative estimate of drug-likeness (QED) is 0.918. The average Bonchev–Trinajstić information content (AvgIpc) is 2.43. The molecule has 108 valence electrons. The first-order chi connectivity index (χ1) is 9.49. The Morgan fingerprint density at radius 2 is 1.95 bits per heavy atom. The van der Waals surface area contributed by atoms with Gasteiger partial charge in [0, 0.05) is 19.4 Å². The number of aliphatic carboxylic acids is 1. The Morgan fingerprint density at radius 1 is 1.30 bits per heavy atom. The van der Waals surface area contributed by atoms with Gasteiger partial charge in [-0.3, -0.25) is 4.79 Å². The lowest BCUT2D eigenvalue weighted by Crippen LogP contribution is -2.48. The van der Waals surface area contributed by atoms with Crippen molar-refractivity contribution in [3.05, 3.63) is 35.4 Å². The molecule has 2 rings (SSSR count). The van der Waals surface area contributed by atoms with Crippen molar-refractivity contribution >= 4 is 11.9 Å². The number of carbonyl (C=O) groups is 2. The number of carboxylic acid groups (broad SMARTS) is 1. The molecule has 0 saturated carbocycles. The van der Waals surface area contributed by atoms with Gasteiger partial charge in [-0.15, -0.1) is 0 Å². The average molecular weight is 275 g/mol. The van der Waals surface area contributed by atoms with Gasteiger partial charge in [0.2, 0.25) is 5.91 Å². The molecule has 1 aliphatic rings. The van der Waals surface area contributed by atoms with E-state index in [0.717, 1.165) is 17.5 Å². The molecule has 4 nitrogen and oxygen atoms in total. The van der Waals surface area contributed by atoms with E-state index >= 15 is 0 Å². The molecule has 0 unspecified atom stereocenters. The highest BCUT2D eigenvalue weighted by Gasteiger charge is 2.33. The molecule has 0 aliphatic carbocycles. The van der Waals surface area contributed by atoms with Gasteiger partial charge in [-0.05, 0) is 23.5 Å². The van der Waals surface area contributed by atoms with E-state index in [0.29, 0.717) is 25.3 Å². The molecule has 0 fully saturated rings. The molecular formula is C16H21NO3. The Balaban J connectivity index is 2.18. The number of fused-ring (bicyclic) bond motifs is 1. The minimum Gasteiger partial charge on any atom is -0.480 e. The SMILES string of the molecule is CC(C)CCC(=O)N1Cc2ccccc2C[C@H]1C(=O)O. The summed E-state index contributed by atoms with van der Waals surface area (Å²) in [5.74, 6) is -0.530. The van der Waals surface area contributed by atoms with Crippen molar-refractivity contribution in [2.24, 2.45) is 5.92 Å². The second-order valence-electron chi connectivity index (χ2n) is 5.78. The van der Waals surface area contributed by atoms with Crippen LogP contribution in [0, 0.1) is 5.92 Å². The van der Waals surface area contributed by atoms with E-state index in [1.165, 1.54) is 4.90 Å². The third-order valence-electron chi connectivity index (χ3n) is 3.79. The molecule has 0 saturated heterocycles. The summed E-state index contributed by atoms with van der Waals surface area (Å²) < 4.78 is 0. The summed E-state index contributed by atoms with van der Waals surface area (Å²) in [4.78, 5) is 25.2. The largest absolute Gasteiger partial charge is 0.480 e. The number of hydrogen-bond donors (Lipinski definition) is 1. The number of carboxylic acids is 1. The molecule has 0 aromatic heterocycles. The van der Waals surface area contributed by atoms with Crippen LogP contribution in [0.4, 0.5) is 0 Å². The van der Waals surface area contributed by atoms with E-state index in [-0.39, 0.29) is 5.91 Å². The molecule has 1 aliphatic heterocycles. The van der Waals surface area contributed by atoms with Gasteiger partial charge in [-0.2, -0.15) is 0 Å². The van der Waals surface area contributed by atoms with Crippen LogP contribution < -0.4 is 0 Å². The van der Waals surface area contributed by atoms with Gasteiger partial charge in [-0.1, -0.05) is 38.1 Å². The van der Waals surface area contributed by atoms with Crippen LogP contribution >= 0.6 is 0 Å². The fraction of sp³-hybridized carbons (Fsp3) is 0.500. The van der Waals surface area contributed by atoms with E-state index < -0.39 is 12.0 Å². The Hall–Kier alpha value is -1.84. The maximum atomic E-state index is 12.3. The summed E-state index contributed by atoms with van der Waals surface area (Å²) in [7, 11) is 0. The molecule has 4 heteroatoms. The topological polar surface area (TPSA) is 57.6 Å². The van der Waals surface area contributed by atoms with Crippen LogP contribution in [0.3, 0.4) is 0 Å². The number of amides is 1. The van der Waals surface area contributed by atoms with Crippen molar-refractivity contribution in [1.29, 1.82) is 0 Å². The number of benzene rings is 1. The van der Waals surface area contributed by atoms with Crippen LogP contribution in [0.2, 0.25) is 0 Å². The molecule has 1 aromatic carbocycles. The zero-order valence-corrected chi connectivity index (χ0v) is 12.0. The molecule has 0 radical (unpaired) electrons. The molecular weight excluding hydrogens is 254 g/mol. The van der Waals surface area contributed by atoms with Crippen LogP contribution in [-0.2, 0) is 22.6 Å². The first kappa shape index (κ1) is 14.6. The highest BCUT2D eigenvalue weighted by atomic mass is 16.4. The Morgan fingerprint density at radius 3 is 2.55 bits per heavy atom. The van der Waals surface area contributed by atoms with E-state index in [2.05, 4.69) is 13.8 Å². The Kier molecular flexibility index (Phi) is 4.42. The summed E-state index contributed by atoms with van der Waals surface area (Å²) in [6.45, 7) is 4.53. The third kappa shape index (κ3) is 3.18. The fourth-order valence-electron chi connectivity index (χ4n) is 2.56. The minimum absolute atomic E-state index is 0.0550. The molecule has 1 N–H and O–H groups in total. The first-order valence-electron chi connectivity index (χ1n) is 7.08. The second kappa shape index (κ2) is 6.07.